The average molecular weight is 364 g/mol. The number of aromatic nitrogens is 4. The van der Waals surface area contributed by atoms with Gasteiger partial charge in [0.2, 0.25) is 0 Å². The summed E-state index contributed by atoms with van der Waals surface area (Å²) < 4.78 is 1.80. The van der Waals surface area contributed by atoms with Gasteiger partial charge in [-0.25, -0.2) is 4.98 Å². The van der Waals surface area contributed by atoms with E-state index in [1.807, 2.05) is 36.4 Å². The van der Waals surface area contributed by atoms with Gasteiger partial charge >= 0.3 is 0 Å². The van der Waals surface area contributed by atoms with Gasteiger partial charge < -0.3 is 9.88 Å². The van der Waals surface area contributed by atoms with E-state index < -0.39 is 0 Å². The maximum atomic E-state index is 12.7. The molecule has 0 atom stereocenters. The third kappa shape index (κ3) is 3.10. The molecule has 0 fully saturated rings. The predicted octanol–water partition coefficient (Wildman–Crippen LogP) is 4.17. The van der Waals surface area contributed by atoms with Crippen molar-refractivity contribution in [2.45, 2.75) is 0 Å². The lowest BCUT2D eigenvalue weighted by atomic mass is 10.1. The second-order valence-electron chi connectivity index (χ2n) is 5.61. The standard InChI is InChI=1S/C19H14ClN5O/c20-16-10-14(6-7-17(16)25-9-8-21-12-25)23-19(26)15-11-22-24-18(15)13-4-2-1-3-5-13/h1-12H,(H,22,24)(H,23,26). The number of anilines is 1. The number of benzene rings is 2. The van der Waals surface area contributed by atoms with E-state index in [4.69, 9.17) is 11.6 Å². The molecule has 4 aromatic rings. The zero-order chi connectivity index (χ0) is 17.9. The van der Waals surface area contributed by atoms with Crippen molar-refractivity contribution in [2.24, 2.45) is 0 Å². The van der Waals surface area contributed by atoms with Crippen LogP contribution >= 0.6 is 11.6 Å². The van der Waals surface area contributed by atoms with Gasteiger partial charge in [0.15, 0.2) is 0 Å². The maximum Gasteiger partial charge on any atom is 0.259 e. The molecule has 1 amide bonds. The highest BCUT2D eigenvalue weighted by molar-refractivity contribution is 6.32. The topological polar surface area (TPSA) is 75.6 Å². The number of carbonyl (C=O) groups excluding carboxylic acids is 1. The van der Waals surface area contributed by atoms with Crippen LogP contribution in [0.2, 0.25) is 5.02 Å². The number of H-pyrrole nitrogens is 1. The molecule has 0 saturated carbocycles. The summed E-state index contributed by atoms with van der Waals surface area (Å²) in [6.45, 7) is 0. The Balaban J connectivity index is 1.58. The van der Waals surface area contributed by atoms with Gasteiger partial charge in [-0.05, 0) is 18.2 Å². The van der Waals surface area contributed by atoms with E-state index in [9.17, 15) is 4.79 Å². The maximum absolute atomic E-state index is 12.7. The van der Waals surface area contributed by atoms with E-state index in [1.165, 1.54) is 6.20 Å². The largest absolute Gasteiger partial charge is 0.322 e. The fourth-order valence-electron chi connectivity index (χ4n) is 2.68. The van der Waals surface area contributed by atoms with Crippen molar-refractivity contribution >= 4 is 23.2 Å². The van der Waals surface area contributed by atoms with Crippen LogP contribution in [0, 0.1) is 0 Å². The first-order valence-corrected chi connectivity index (χ1v) is 8.28. The number of hydrogen-bond donors (Lipinski definition) is 2. The molecule has 0 aliphatic heterocycles. The van der Waals surface area contributed by atoms with Gasteiger partial charge in [-0.1, -0.05) is 41.9 Å². The van der Waals surface area contributed by atoms with Crippen LogP contribution in [0.3, 0.4) is 0 Å². The van der Waals surface area contributed by atoms with Gasteiger partial charge in [-0.2, -0.15) is 5.10 Å². The van der Waals surface area contributed by atoms with Crippen LogP contribution in [0.1, 0.15) is 10.4 Å². The second-order valence-corrected chi connectivity index (χ2v) is 6.02. The first-order chi connectivity index (χ1) is 12.7. The molecule has 0 aliphatic rings. The van der Waals surface area contributed by atoms with Gasteiger partial charge in [-0.3, -0.25) is 9.89 Å². The Bertz CT molecular complexity index is 1040. The molecular weight excluding hydrogens is 350 g/mol. The van der Waals surface area contributed by atoms with E-state index in [0.717, 1.165) is 11.3 Å². The number of imidazole rings is 1. The fourth-order valence-corrected chi connectivity index (χ4v) is 2.96. The van der Waals surface area contributed by atoms with E-state index in [-0.39, 0.29) is 5.91 Å². The Labute approximate surface area is 154 Å². The third-order valence-corrected chi connectivity index (χ3v) is 4.24. The molecule has 0 spiro atoms. The molecule has 2 aromatic heterocycles. The number of carbonyl (C=O) groups is 1. The molecule has 26 heavy (non-hydrogen) atoms. The molecule has 0 bridgehead atoms. The zero-order valence-electron chi connectivity index (χ0n) is 13.6. The summed E-state index contributed by atoms with van der Waals surface area (Å²) in [6, 6.07) is 14.9. The zero-order valence-corrected chi connectivity index (χ0v) is 14.3. The van der Waals surface area contributed by atoms with E-state index in [0.29, 0.717) is 22.0 Å². The number of nitrogens with zero attached hydrogens (tertiary/aromatic N) is 3. The molecule has 2 aromatic carbocycles. The molecule has 7 heteroatoms. The summed E-state index contributed by atoms with van der Waals surface area (Å²) in [7, 11) is 0. The minimum atomic E-state index is -0.260. The summed E-state index contributed by atoms with van der Waals surface area (Å²) in [5.74, 6) is -0.260. The van der Waals surface area contributed by atoms with Gasteiger partial charge in [0.05, 0.1) is 34.5 Å². The first-order valence-electron chi connectivity index (χ1n) is 7.90. The van der Waals surface area contributed by atoms with Crippen LogP contribution in [0.5, 0.6) is 0 Å². The lowest BCUT2D eigenvalue weighted by molar-refractivity contribution is 0.102. The summed E-state index contributed by atoms with van der Waals surface area (Å²) in [5, 5.41) is 10.3. The number of amides is 1. The number of aromatic amines is 1. The summed E-state index contributed by atoms with van der Waals surface area (Å²) in [4.78, 5) is 16.7. The molecule has 0 aliphatic carbocycles. The Morgan fingerprint density at radius 2 is 2.00 bits per heavy atom. The Kier molecular flexibility index (Phi) is 4.25. The molecule has 4 rings (SSSR count). The number of halogens is 1. The van der Waals surface area contributed by atoms with Crippen molar-refractivity contribution in [1.82, 2.24) is 19.7 Å². The fraction of sp³-hybridized carbons (Fsp3) is 0. The van der Waals surface area contributed by atoms with Gasteiger partial charge in [0, 0.05) is 23.6 Å². The Hall–Kier alpha value is -3.38. The number of hydrogen-bond acceptors (Lipinski definition) is 3. The van der Waals surface area contributed by atoms with Crippen molar-refractivity contribution in [3.63, 3.8) is 0 Å². The van der Waals surface area contributed by atoms with Crippen molar-refractivity contribution in [2.75, 3.05) is 5.32 Å². The van der Waals surface area contributed by atoms with E-state index in [1.54, 1.807) is 35.4 Å². The predicted molar refractivity (Wildman–Crippen MR) is 101 cm³/mol. The van der Waals surface area contributed by atoms with Crippen LogP contribution in [0.15, 0.2) is 73.4 Å². The monoisotopic (exact) mass is 363 g/mol. The summed E-state index contributed by atoms with van der Waals surface area (Å²) >= 11 is 6.34. The summed E-state index contributed by atoms with van der Waals surface area (Å²) in [6.07, 6.45) is 6.66. The van der Waals surface area contributed by atoms with Crippen molar-refractivity contribution in [3.05, 3.63) is 84.0 Å². The first kappa shape index (κ1) is 16.1. The highest BCUT2D eigenvalue weighted by Gasteiger charge is 2.16. The van der Waals surface area contributed by atoms with Crippen LogP contribution in [-0.4, -0.2) is 25.7 Å². The van der Waals surface area contributed by atoms with Crippen LogP contribution in [0.4, 0.5) is 5.69 Å². The van der Waals surface area contributed by atoms with Crippen LogP contribution in [0.25, 0.3) is 16.9 Å². The van der Waals surface area contributed by atoms with Crippen LogP contribution < -0.4 is 5.32 Å². The Morgan fingerprint density at radius 3 is 2.73 bits per heavy atom. The highest BCUT2D eigenvalue weighted by atomic mass is 35.5. The van der Waals surface area contributed by atoms with Gasteiger partial charge in [0.25, 0.3) is 5.91 Å². The molecule has 2 heterocycles. The molecule has 2 N–H and O–H groups in total. The molecule has 6 nitrogen and oxygen atoms in total. The second kappa shape index (κ2) is 6.85. The highest BCUT2D eigenvalue weighted by Crippen LogP contribution is 2.26. The van der Waals surface area contributed by atoms with Crippen molar-refractivity contribution in [3.8, 4) is 16.9 Å². The van der Waals surface area contributed by atoms with Gasteiger partial charge in [0.1, 0.15) is 0 Å². The number of rotatable bonds is 4. The van der Waals surface area contributed by atoms with Crippen molar-refractivity contribution in [1.29, 1.82) is 0 Å². The van der Waals surface area contributed by atoms with Crippen LogP contribution in [-0.2, 0) is 0 Å². The average Bonchev–Trinajstić information content (AvgIpc) is 3.34. The number of nitrogens with one attached hydrogen (secondary N) is 2. The van der Waals surface area contributed by atoms with Gasteiger partial charge in [-0.15, -0.1) is 0 Å². The third-order valence-electron chi connectivity index (χ3n) is 3.93. The minimum absolute atomic E-state index is 0.260. The normalized spacial score (nSPS) is 10.7. The smallest absolute Gasteiger partial charge is 0.259 e. The minimum Gasteiger partial charge on any atom is -0.322 e. The molecule has 0 saturated heterocycles. The SMILES string of the molecule is O=C(Nc1ccc(-n2ccnc2)c(Cl)c1)c1cn[nH]c1-c1ccccc1. The molecule has 0 radical (unpaired) electrons. The lowest BCUT2D eigenvalue weighted by Gasteiger charge is -2.09. The Morgan fingerprint density at radius 1 is 1.15 bits per heavy atom. The summed E-state index contributed by atoms with van der Waals surface area (Å²) in [5.41, 5.74) is 3.42. The van der Waals surface area contributed by atoms with E-state index in [2.05, 4.69) is 20.5 Å². The quantitative estimate of drug-likeness (QED) is 0.571. The van der Waals surface area contributed by atoms with Crippen molar-refractivity contribution < 1.29 is 4.79 Å². The molecular formula is C19H14ClN5O. The lowest BCUT2D eigenvalue weighted by Crippen LogP contribution is -2.12. The molecule has 128 valence electrons. The molecule has 0 unspecified atom stereocenters. The van der Waals surface area contributed by atoms with E-state index >= 15 is 0 Å².